The summed E-state index contributed by atoms with van der Waals surface area (Å²) in [4.78, 5) is 12.3. The van der Waals surface area contributed by atoms with Gasteiger partial charge < -0.3 is 11.1 Å². The van der Waals surface area contributed by atoms with Gasteiger partial charge in [0.05, 0.1) is 10.5 Å². The van der Waals surface area contributed by atoms with Crippen molar-refractivity contribution in [1.82, 2.24) is 5.32 Å². The second-order valence-corrected chi connectivity index (χ2v) is 10.8. The number of hydrogen-bond donors (Lipinski definition) is 2. The molecule has 0 aromatic carbocycles. The standard InChI is InChI=1S/C16H30N2O3S.ClH/c1-16(2,3)22(20,21)8-7-18-15(19)13-9-11-5-4-6-12(10-13)14(11)17;/h11-14H,4-10,17H2,1-3H3,(H,18,19);1H. The van der Waals surface area contributed by atoms with Gasteiger partial charge in [-0.25, -0.2) is 8.42 Å². The van der Waals surface area contributed by atoms with Gasteiger partial charge in [-0.1, -0.05) is 6.42 Å². The Morgan fingerprint density at radius 3 is 2.17 bits per heavy atom. The number of fused-ring (bicyclic) bond motifs is 2. The predicted molar refractivity (Wildman–Crippen MR) is 95.3 cm³/mol. The normalized spacial score (nSPS) is 31.1. The van der Waals surface area contributed by atoms with Crippen LogP contribution in [-0.2, 0) is 14.6 Å². The molecule has 0 aliphatic heterocycles. The molecule has 2 aliphatic rings. The van der Waals surface area contributed by atoms with Crippen molar-refractivity contribution in [3.8, 4) is 0 Å². The molecule has 2 saturated carbocycles. The lowest BCUT2D eigenvalue weighted by Gasteiger charge is -2.43. The zero-order chi connectivity index (χ0) is 16.5. The van der Waals surface area contributed by atoms with E-state index in [1.54, 1.807) is 20.8 Å². The highest BCUT2D eigenvalue weighted by Crippen LogP contribution is 2.41. The number of halogens is 1. The molecule has 2 bridgehead atoms. The molecule has 0 saturated heterocycles. The van der Waals surface area contributed by atoms with Crippen molar-refractivity contribution in [2.75, 3.05) is 12.3 Å². The van der Waals surface area contributed by atoms with Gasteiger partial charge in [-0.05, 0) is 58.3 Å². The summed E-state index contributed by atoms with van der Waals surface area (Å²) in [5.74, 6) is 0.935. The van der Waals surface area contributed by atoms with Crippen LogP contribution in [0, 0.1) is 17.8 Å². The predicted octanol–water partition coefficient (Wildman–Crippen LogP) is 1.89. The van der Waals surface area contributed by atoms with Crippen molar-refractivity contribution >= 4 is 28.2 Å². The van der Waals surface area contributed by atoms with Crippen molar-refractivity contribution in [1.29, 1.82) is 0 Å². The molecule has 2 aliphatic carbocycles. The SMILES string of the molecule is CC(C)(C)S(=O)(=O)CCNC(=O)C1CC2CCCC(C1)C2N.Cl. The molecule has 5 nitrogen and oxygen atoms in total. The van der Waals surface area contributed by atoms with E-state index in [9.17, 15) is 13.2 Å². The van der Waals surface area contributed by atoms with E-state index >= 15 is 0 Å². The van der Waals surface area contributed by atoms with Gasteiger partial charge in [0.2, 0.25) is 5.91 Å². The van der Waals surface area contributed by atoms with E-state index in [0.717, 1.165) is 25.7 Å². The fourth-order valence-corrected chi connectivity index (χ4v) is 4.75. The van der Waals surface area contributed by atoms with Crippen LogP contribution in [0.1, 0.15) is 52.9 Å². The van der Waals surface area contributed by atoms with Crippen LogP contribution in [0.5, 0.6) is 0 Å². The summed E-state index contributed by atoms with van der Waals surface area (Å²) >= 11 is 0. The Balaban J connectivity index is 0.00000264. The first-order chi connectivity index (χ1) is 10.1. The summed E-state index contributed by atoms with van der Waals surface area (Å²) in [6.07, 6.45) is 5.19. The first kappa shape index (κ1) is 20.7. The third kappa shape index (κ3) is 4.83. The molecule has 0 aromatic heterocycles. The fourth-order valence-electron chi connectivity index (χ4n) is 3.76. The van der Waals surface area contributed by atoms with E-state index < -0.39 is 14.6 Å². The van der Waals surface area contributed by atoms with Gasteiger partial charge in [0.15, 0.2) is 9.84 Å². The molecule has 1 amide bonds. The lowest BCUT2D eigenvalue weighted by atomic mass is 9.65. The number of carbonyl (C=O) groups is 1. The molecule has 2 rings (SSSR count). The molecule has 7 heteroatoms. The average Bonchev–Trinajstić information content (AvgIpc) is 2.36. The molecule has 0 spiro atoms. The zero-order valence-corrected chi connectivity index (χ0v) is 16.0. The Hall–Kier alpha value is -0.330. The lowest BCUT2D eigenvalue weighted by molar-refractivity contribution is -0.127. The quantitative estimate of drug-likeness (QED) is 0.795. The summed E-state index contributed by atoms with van der Waals surface area (Å²) in [7, 11) is -3.18. The maximum absolute atomic E-state index is 12.3. The summed E-state index contributed by atoms with van der Waals surface area (Å²) in [5.41, 5.74) is 6.24. The first-order valence-electron chi connectivity index (χ1n) is 8.37. The average molecular weight is 367 g/mol. The number of sulfone groups is 1. The molecule has 0 aromatic rings. The van der Waals surface area contributed by atoms with Crippen LogP contribution in [-0.4, -0.2) is 37.4 Å². The Bertz CT molecular complexity index is 502. The molecule has 3 N–H and O–H groups in total. The minimum Gasteiger partial charge on any atom is -0.355 e. The van der Waals surface area contributed by atoms with Crippen molar-refractivity contribution in [3.05, 3.63) is 0 Å². The number of nitrogens with two attached hydrogens (primary N) is 1. The van der Waals surface area contributed by atoms with Gasteiger partial charge in [0.1, 0.15) is 0 Å². The van der Waals surface area contributed by atoms with Crippen LogP contribution in [0.25, 0.3) is 0 Å². The topological polar surface area (TPSA) is 89.3 Å². The van der Waals surface area contributed by atoms with Crippen LogP contribution in [0.4, 0.5) is 0 Å². The number of hydrogen-bond acceptors (Lipinski definition) is 4. The number of amides is 1. The zero-order valence-electron chi connectivity index (χ0n) is 14.4. The number of carbonyl (C=O) groups excluding carboxylic acids is 1. The summed E-state index contributed by atoms with van der Waals surface area (Å²) < 4.78 is 23.3. The summed E-state index contributed by atoms with van der Waals surface area (Å²) in [5, 5.41) is 2.83. The Morgan fingerprint density at radius 1 is 1.17 bits per heavy atom. The largest absolute Gasteiger partial charge is 0.355 e. The first-order valence-corrected chi connectivity index (χ1v) is 10.0. The lowest BCUT2D eigenvalue weighted by Crippen LogP contribution is -2.49. The smallest absolute Gasteiger partial charge is 0.223 e. The van der Waals surface area contributed by atoms with E-state index in [1.165, 1.54) is 6.42 Å². The molecule has 136 valence electrons. The van der Waals surface area contributed by atoms with Crippen LogP contribution in [0.15, 0.2) is 0 Å². The minimum absolute atomic E-state index is 0. The fraction of sp³-hybridized carbons (Fsp3) is 0.938. The van der Waals surface area contributed by atoms with E-state index in [-0.39, 0.29) is 42.6 Å². The van der Waals surface area contributed by atoms with Crippen molar-refractivity contribution in [2.45, 2.75) is 63.7 Å². The maximum Gasteiger partial charge on any atom is 0.223 e. The van der Waals surface area contributed by atoms with Crippen LogP contribution in [0.3, 0.4) is 0 Å². The number of rotatable bonds is 4. The molecular formula is C16H31ClN2O3S. The highest BCUT2D eigenvalue weighted by molar-refractivity contribution is 7.92. The monoisotopic (exact) mass is 366 g/mol. The van der Waals surface area contributed by atoms with Crippen molar-refractivity contribution in [2.24, 2.45) is 23.5 Å². The van der Waals surface area contributed by atoms with Crippen molar-refractivity contribution < 1.29 is 13.2 Å². The highest BCUT2D eigenvalue weighted by atomic mass is 35.5. The van der Waals surface area contributed by atoms with Gasteiger partial charge in [0, 0.05) is 18.5 Å². The maximum atomic E-state index is 12.3. The van der Waals surface area contributed by atoms with Gasteiger partial charge >= 0.3 is 0 Å². The molecule has 23 heavy (non-hydrogen) atoms. The third-order valence-electron chi connectivity index (χ3n) is 5.39. The second kappa shape index (κ2) is 7.70. The van der Waals surface area contributed by atoms with Crippen LogP contribution < -0.4 is 11.1 Å². The Labute approximate surface area is 146 Å². The molecule has 0 radical (unpaired) electrons. The third-order valence-corrected chi connectivity index (χ3v) is 7.99. The Kier molecular flexibility index (Phi) is 6.94. The molecular weight excluding hydrogens is 336 g/mol. The van der Waals surface area contributed by atoms with Crippen LogP contribution >= 0.6 is 12.4 Å². The van der Waals surface area contributed by atoms with Gasteiger partial charge in [-0.15, -0.1) is 12.4 Å². The van der Waals surface area contributed by atoms with Crippen molar-refractivity contribution in [3.63, 3.8) is 0 Å². The molecule has 2 fully saturated rings. The van der Waals surface area contributed by atoms with E-state index in [4.69, 9.17) is 5.73 Å². The van der Waals surface area contributed by atoms with Gasteiger partial charge in [-0.2, -0.15) is 0 Å². The van der Waals surface area contributed by atoms with E-state index in [2.05, 4.69) is 5.32 Å². The Morgan fingerprint density at radius 2 is 1.70 bits per heavy atom. The van der Waals surface area contributed by atoms with Gasteiger partial charge in [-0.3, -0.25) is 4.79 Å². The minimum atomic E-state index is -3.18. The summed E-state index contributed by atoms with van der Waals surface area (Å²) in [6.45, 7) is 5.27. The molecule has 2 unspecified atom stereocenters. The van der Waals surface area contributed by atoms with Gasteiger partial charge in [0.25, 0.3) is 0 Å². The molecule has 2 atom stereocenters. The van der Waals surface area contributed by atoms with Crippen LogP contribution in [0.2, 0.25) is 0 Å². The second-order valence-electron chi connectivity index (χ2n) is 7.92. The molecule has 0 heterocycles. The van der Waals surface area contributed by atoms with E-state index in [0.29, 0.717) is 11.8 Å². The number of nitrogens with one attached hydrogen (secondary N) is 1. The van der Waals surface area contributed by atoms with E-state index in [1.807, 2.05) is 0 Å². The summed E-state index contributed by atoms with van der Waals surface area (Å²) in [6, 6.07) is 0.249. The highest BCUT2D eigenvalue weighted by Gasteiger charge is 2.40.